The summed E-state index contributed by atoms with van der Waals surface area (Å²) in [5, 5.41) is 4.60. The number of alkyl halides is 1. The molecule has 15 heavy (non-hydrogen) atoms. The van der Waals surface area contributed by atoms with Gasteiger partial charge in [0.2, 0.25) is 0 Å². The van der Waals surface area contributed by atoms with Crippen molar-refractivity contribution in [3.05, 3.63) is 0 Å². The fourth-order valence-electron chi connectivity index (χ4n) is 1.20. The second kappa shape index (κ2) is 4.46. The molecule has 2 nitrogen and oxygen atoms in total. The lowest BCUT2D eigenvalue weighted by atomic mass is 10.2. The molecule has 0 aromatic heterocycles. The third kappa shape index (κ3) is 3.21. The molecule has 0 bridgehead atoms. The van der Waals surface area contributed by atoms with Gasteiger partial charge in [0.25, 0.3) is 8.32 Å². The zero-order chi connectivity index (χ0) is 11.7. The topological polar surface area (TPSA) is 21.6 Å². The van der Waals surface area contributed by atoms with Crippen LogP contribution in [-0.2, 0) is 4.53 Å². The molecule has 0 aromatic rings. The quantitative estimate of drug-likeness (QED) is 0.408. The first kappa shape index (κ1) is 13.0. The largest absolute Gasteiger partial charge is 0.455 e. The Bertz CT molecular complexity index is 258. The number of hydrogen-bond donors (Lipinski definition) is 0. The van der Waals surface area contributed by atoms with Crippen LogP contribution in [0.4, 0.5) is 0 Å². The molecule has 1 rings (SSSR count). The van der Waals surface area contributed by atoms with Crippen molar-refractivity contribution in [2.75, 3.05) is 0 Å². The van der Waals surface area contributed by atoms with E-state index in [1.807, 2.05) is 0 Å². The summed E-state index contributed by atoms with van der Waals surface area (Å²) < 4.78 is 5.79. The Hall–Kier alpha value is -0.0231. The molecule has 0 aliphatic heterocycles. The average molecular weight is 248 g/mol. The van der Waals surface area contributed by atoms with Crippen LogP contribution in [0.15, 0.2) is 5.16 Å². The number of hydrogen-bond acceptors (Lipinski definition) is 2. The summed E-state index contributed by atoms with van der Waals surface area (Å²) in [5.74, 6) is 0. The molecule has 0 aromatic carbocycles. The van der Waals surface area contributed by atoms with Gasteiger partial charge >= 0.3 is 0 Å². The van der Waals surface area contributed by atoms with Crippen molar-refractivity contribution in [2.24, 2.45) is 5.16 Å². The summed E-state index contributed by atoms with van der Waals surface area (Å²) in [6.45, 7) is 11.1. The summed E-state index contributed by atoms with van der Waals surface area (Å²) in [6.07, 6.45) is 3.19. The number of halogens is 1. The highest BCUT2D eigenvalue weighted by Gasteiger charge is 2.40. The van der Waals surface area contributed by atoms with Crippen LogP contribution >= 0.6 is 11.6 Å². The normalized spacial score (nSPS) is 26.0. The first-order chi connectivity index (χ1) is 6.74. The molecule has 1 aliphatic carbocycles. The Kier molecular flexibility index (Phi) is 3.88. The standard InChI is InChI=1S/C11H22ClNOSi/c1-11(2,3)15(4,5)14-13-10-8-6-7-9(10)12/h9H,6-8H2,1-5H3/b13-10-. The summed E-state index contributed by atoms with van der Waals surface area (Å²) in [6, 6.07) is 0. The third-order valence-electron chi connectivity index (χ3n) is 3.45. The molecule has 1 aliphatic rings. The molecule has 0 saturated heterocycles. The lowest BCUT2D eigenvalue weighted by Gasteiger charge is -2.33. The van der Waals surface area contributed by atoms with Crippen LogP contribution in [0.5, 0.6) is 0 Å². The van der Waals surface area contributed by atoms with Crippen LogP contribution < -0.4 is 0 Å². The van der Waals surface area contributed by atoms with Crippen molar-refractivity contribution in [1.82, 2.24) is 0 Å². The molecule has 4 heteroatoms. The van der Waals surface area contributed by atoms with Gasteiger partial charge in [0.1, 0.15) is 0 Å². The molecule has 1 saturated carbocycles. The number of nitrogens with zero attached hydrogens (tertiary/aromatic N) is 1. The Morgan fingerprint density at radius 3 is 2.40 bits per heavy atom. The molecule has 0 amide bonds. The minimum atomic E-state index is -1.75. The van der Waals surface area contributed by atoms with E-state index in [0.29, 0.717) is 0 Å². The molecule has 0 heterocycles. The van der Waals surface area contributed by atoms with E-state index in [1.165, 1.54) is 0 Å². The molecule has 0 spiro atoms. The van der Waals surface area contributed by atoms with Gasteiger partial charge in [-0.05, 0) is 37.4 Å². The Labute approximate surface area is 99.2 Å². The van der Waals surface area contributed by atoms with Crippen molar-refractivity contribution >= 4 is 25.6 Å². The molecule has 1 fully saturated rings. The fourth-order valence-corrected chi connectivity index (χ4v) is 2.12. The predicted molar refractivity (Wildman–Crippen MR) is 69.2 cm³/mol. The highest BCUT2D eigenvalue weighted by Crippen LogP contribution is 2.37. The zero-order valence-electron chi connectivity index (χ0n) is 10.4. The highest BCUT2D eigenvalue weighted by molar-refractivity contribution is 6.74. The number of rotatable bonds is 2. The first-order valence-electron chi connectivity index (χ1n) is 5.63. The van der Waals surface area contributed by atoms with Gasteiger partial charge in [0.05, 0.1) is 11.1 Å². The van der Waals surface area contributed by atoms with Gasteiger partial charge in [-0.2, -0.15) is 0 Å². The van der Waals surface area contributed by atoms with E-state index >= 15 is 0 Å². The lowest BCUT2D eigenvalue weighted by molar-refractivity contribution is 0.306. The SMILES string of the molecule is CC(C)(C)[Si](C)(C)O/N=C1/CCCC1Cl. The maximum absolute atomic E-state index is 6.13. The fraction of sp³-hybridized carbons (Fsp3) is 0.909. The Morgan fingerprint density at radius 1 is 1.40 bits per heavy atom. The zero-order valence-corrected chi connectivity index (χ0v) is 12.2. The van der Waals surface area contributed by atoms with Gasteiger partial charge in [-0.3, -0.25) is 0 Å². The van der Waals surface area contributed by atoms with Crippen LogP contribution in [0.1, 0.15) is 40.0 Å². The van der Waals surface area contributed by atoms with E-state index in [4.69, 9.17) is 16.1 Å². The van der Waals surface area contributed by atoms with E-state index in [9.17, 15) is 0 Å². The van der Waals surface area contributed by atoms with E-state index in [2.05, 4.69) is 39.0 Å². The van der Waals surface area contributed by atoms with Crippen LogP contribution in [-0.4, -0.2) is 19.4 Å². The van der Waals surface area contributed by atoms with Gasteiger partial charge in [-0.25, -0.2) is 0 Å². The van der Waals surface area contributed by atoms with Gasteiger partial charge in [0.15, 0.2) is 0 Å². The Balaban J connectivity index is 2.63. The van der Waals surface area contributed by atoms with Crippen molar-refractivity contribution in [1.29, 1.82) is 0 Å². The summed E-state index contributed by atoms with van der Waals surface area (Å²) >= 11 is 6.13. The maximum atomic E-state index is 6.13. The second-order valence-corrected chi connectivity index (χ2v) is 11.0. The van der Waals surface area contributed by atoms with Crippen LogP contribution in [0.3, 0.4) is 0 Å². The van der Waals surface area contributed by atoms with Gasteiger partial charge in [0, 0.05) is 0 Å². The maximum Gasteiger partial charge on any atom is 0.286 e. The van der Waals surface area contributed by atoms with E-state index < -0.39 is 8.32 Å². The average Bonchev–Trinajstić information content (AvgIpc) is 2.46. The minimum Gasteiger partial charge on any atom is -0.455 e. The molecule has 1 atom stereocenters. The highest BCUT2D eigenvalue weighted by atomic mass is 35.5. The summed E-state index contributed by atoms with van der Waals surface area (Å²) in [7, 11) is -1.75. The van der Waals surface area contributed by atoms with E-state index in [-0.39, 0.29) is 10.4 Å². The molecule has 0 N–H and O–H groups in total. The lowest BCUT2D eigenvalue weighted by Crippen LogP contribution is -2.39. The molecule has 88 valence electrons. The molecule has 0 radical (unpaired) electrons. The van der Waals surface area contributed by atoms with Gasteiger partial charge < -0.3 is 4.53 Å². The van der Waals surface area contributed by atoms with Crippen molar-refractivity contribution in [2.45, 2.75) is 63.5 Å². The van der Waals surface area contributed by atoms with E-state index in [1.54, 1.807) is 0 Å². The van der Waals surface area contributed by atoms with Crippen molar-refractivity contribution in [3.63, 3.8) is 0 Å². The van der Waals surface area contributed by atoms with Gasteiger partial charge in [-0.15, -0.1) is 16.8 Å². The predicted octanol–water partition coefficient (Wildman–Crippen LogP) is 4.16. The van der Waals surface area contributed by atoms with Gasteiger partial charge in [-0.1, -0.05) is 20.8 Å². The van der Waals surface area contributed by atoms with Crippen molar-refractivity contribution in [3.8, 4) is 0 Å². The van der Waals surface area contributed by atoms with Crippen LogP contribution in [0.2, 0.25) is 18.1 Å². The smallest absolute Gasteiger partial charge is 0.286 e. The third-order valence-corrected chi connectivity index (χ3v) is 8.08. The summed E-state index contributed by atoms with van der Waals surface area (Å²) in [5.41, 5.74) is 1.04. The monoisotopic (exact) mass is 247 g/mol. The summed E-state index contributed by atoms with van der Waals surface area (Å²) in [4.78, 5) is 0. The molecular formula is C11H22ClNOSi. The second-order valence-electron chi connectivity index (χ2n) is 5.79. The minimum absolute atomic E-state index is 0.106. The van der Waals surface area contributed by atoms with Crippen LogP contribution in [0, 0.1) is 0 Å². The Morgan fingerprint density at radius 2 is 2.00 bits per heavy atom. The number of oxime groups is 1. The van der Waals surface area contributed by atoms with Crippen LogP contribution in [0.25, 0.3) is 0 Å². The first-order valence-corrected chi connectivity index (χ1v) is 8.97. The van der Waals surface area contributed by atoms with Crippen molar-refractivity contribution < 1.29 is 4.53 Å². The van der Waals surface area contributed by atoms with E-state index in [0.717, 1.165) is 25.0 Å². The molecule has 1 unspecified atom stereocenters. The molecular weight excluding hydrogens is 226 g/mol.